The van der Waals surface area contributed by atoms with Crippen LogP contribution in [0.2, 0.25) is 0 Å². The zero-order valence-corrected chi connectivity index (χ0v) is 15.5. The Kier molecular flexibility index (Phi) is 9.46. The second-order valence-corrected chi connectivity index (χ2v) is 7.39. The zero-order chi connectivity index (χ0) is 17.1. The highest BCUT2D eigenvalue weighted by molar-refractivity contribution is 5.13. The molecule has 0 aliphatic rings. The van der Waals surface area contributed by atoms with Crippen LogP contribution >= 0.6 is 0 Å². The van der Waals surface area contributed by atoms with Gasteiger partial charge in [0.15, 0.2) is 0 Å². The van der Waals surface area contributed by atoms with Crippen molar-refractivity contribution >= 4 is 0 Å². The van der Waals surface area contributed by atoms with Crippen molar-refractivity contribution in [3.05, 3.63) is 35.9 Å². The van der Waals surface area contributed by atoms with Crippen LogP contribution in [-0.4, -0.2) is 49.0 Å². The van der Waals surface area contributed by atoms with Gasteiger partial charge in [0.1, 0.15) is 12.6 Å². The quantitative estimate of drug-likeness (QED) is 0.465. The van der Waals surface area contributed by atoms with Gasteiger partial charge >= 0.3 is 0 Å². The van der Waals surface area contributed by atoms with Gasteiger partial charge in [0, 0.05) is 6.42 Å². The van der Waals surface area contributed by atoms with E-state index in [1.54, 1.807) is 0 Å². The van der Waals surface area contributed by atoms with E-state index in [4.69, 9.17) is 4.74 Å². The molecule has 0 heterocycles. The summed E-state index contributed by atoms with van der Waals surface area (Å²) in [5, 5.41) is 9.63. The number of hydrogen-bond acceptors (Lipinski definition) is 2. The first kappa shape index (κ1) is 20.1. The fourth-order valence-electron chi connectivity index (χ4n) is 3.02. The van der Waals surface area contributed by atoms with Gasteiger partial charge in [0.2, 0.25) is 0 Å². The molecule has 3 heteroatoms. The number of quaternary nitrogens is 1. The zero-order valence-electron chi connectivity index (χ0n) is 15.5. The predicted molar refractivity (Wildman–Crippen MR) is 97.3 cm³/mol. The Bertz CT molecular complexity index is 403. The van der Waals surface area contributed by atoms with Crippen LogP contribution in [0.4, 0.5) is 0 Å². The van der Waals surface area contributed by atoms with Crippen LogP contribution in [0.15, 0.2) is 30.3 Å². The van der Waals surface area contributed by atoms with Crippen LogP contribution in [0.25, 0.3) is 0 Å². The molecule has 0 aliphatic carbocycles. The number of ether oxygens (including phenoxy) is 1. The van der Waals surface area contributed by atoms with Crippen LogP contribution in [0.5, 0.6) is 0 Å². The highest BCUT2D eigenvalue weighted by Crippen LogP contribution is 2.15. The number of hydrogen-bond donors (Lipinski definition) is 1. The molecule has 1 rings (SSSR count). The topological polar surface area (TPSA) is 29.5 Å². The molecular formula is C20H36NO2+. The Hall–Kier alpha value is -0.900. The fourth-order valence-corrected chi connectivity index (χ4v) is 3.02. The lowest BCUT2D eigenvalue weighted by molar-refractivity contribution is -0.893. The second kappa shape index (κ2) is 10.8. The Balaban J connectivity index is 2.47. The van der Waals surface area contributed by atoms with Gasteiger partial charge in [0.05, 0.1) is 33.4 Å². The predicted octanol–water partition coefficient (Wildman–Crippen LogP) is 4.00. The second-order valence-electron chi connectivity index (χ2n) is 7.39. The molecule has 2 atom stereocenters. The van der Waals surface area contributed by atoms with Crippen LogP contribution < -0.4 is 0 Å². The summed E-state index contributed by atoms with van der Waals surface area (Å²) in [4.78, 5) is 0. The van der Waals surface area contributed by atoms with Crippen LogP contribution in [0.1, 0.15) is 51.5 Å². The number of aliphatic hydroxyl groups is 1. The number of aliphatic hydroxyl groups excluding tert-OH is 1. The standard InChI is InChI=1S/C20H36NO2/c1-5-6-8-13-20(14-15-21(3,4)16-18(2)22)23-17-19-11-9-7-10-12-19/h7,9-12,18,20,22H,5-6,8,13-17H2,1-4H3/q+1. The molecule has 132 valence electrons. The van der Waals surface area contributed by atoms with E-state index < -0.39 is 0 Å². The Morgan fingerprint density at radius 3 is 2.39 bits per heavy atom. The summed E-state index contributed by atoms with van der Waals surface area (Å²) in [6.07, 6.45) is 6.00. The lowest BCUT2D eigenvalue weighted by atomic mass is 10.1. The number of benzene rings is 1. The fraction of sp³-hybridized carbons (Fsp3) is 0.700. The van der Waals surface area contributed by atoms with E-state index >= 15 is 0 Å². The monoisotopic (exact) mass is 322 g/mol. The van der Waals surface area contributed by atoms with Gasteiger partial charge < -0.3 is 14.3 Å². The van der Waals surface area contributed by atoms with E-state index in [1.165, 1.54) is 24.8 Å². The summed E-state index contributed by atoms with van der Waals surface area (Å²) in [7, 11) is 4.38. The maximum Gasteiger partial charge on any atom is 0.104 e. The number of nitrogens with zero attached hydrogens (tertiary/aromatic N) is 1. The van der Waals surface area contributed by atoms with E-state index in [0.717, 1.165) is 30.4 Å². The minimum atomic E-state index is -0.256. The van der Waals surface area contributed by atoms with Crippen molar-refractivity contribution in [1.82, 2.24) is 0 Å². The van der Waals surface area contributed by atoms with E-state index in [2.05, 4.69) is 45.3 Å². The normalized spacial score (nSPS) is 14.7. The Labute approximate surface area is 142 Å². The third-order valence-electron chi connectivity index (χ3n) is 4.27. The number of rotatable bonds is 12. The molecule has 1 aromatic carbocycles. The van der Waals surface area contributed by atoms with Crippen molar-refractivity contribution in [2.24, 2.45) is 0 Å². The molecule has 0 bridgehead atoms. The smallest absolute Gasteiger partial charge is 0.104 e. The minimum absolute atomic E-state index is 0.256. The van der Waals surface area contributed by atoms with Gasteiger partial charge in [-0.1, -0.05) is 56.5 Å². The van der Waals surface area contributed by atoms with Gasteiger partial charge in [-0.05, 0) is 18.9 Å². The first-order valence-electron chi connectivity index (χ1n) is 9.08. The van der Waals surface area contributed by atoms with Gasteiger partial charge in [-0.3, -0.25) is 0 Å². The molecule has 0 aliphatic heterocycles. The van der Waals surface area contributed by atoms with E-state index in [0.29, 0.717) is 12.7 Å². The first-order valence-corrected chi connectivity index (χ1v) is 9.08. The molecule has 0 radical (unpaired) electrons. The van der Waals surface area contributed by atoms with E-state index in [9.17, 15) is 5.11 Å². The molecule has 0 spiro atoms. The third-order valence-corrected chi connectivity index (χ3v) is 4.27. The van der Waals surface area contributed by atoms with Crippen LogP contribution in [-0.2, 0) is 11.3 Å². The van der Waals surface area contributed by atoms with Crippen LogP contribution in [0, 0.1) is 0 Å². The molecule has 23 heavy (non-hydrogen) atoms. The molecule has 1 aromatic rings. The maximum absolute atomic E-state index is 9.63. The average Bonchev–Trinajstić information content (AvgIpc) is 2.49. The minimum Gasteiger partial charge on any atom is -0.388 e. The van der Waals surface area contributed by atoms with Gasteiger partial charge in [0.25, 0.3) is 0 Å². The molecule has 0 fully saturated rings. The number of unbranched alkanes of at least 4 members (excludes halogenated alkanes) is 2. The van der Waals surface area contributed by atoms with Gasteiger partial charge in [-0.15, -0.1) is 0 Å². The molecule has 2 unspecified atom stereocenters. The summed E-state index contributed by atoms with van der Waals surface area (Å²) < 4.78 is 7.05. The van der Waals surface area contributed by atoms with Crippen molar-refractivity contribution in [2.45, 2.75) is 64.8 Å². The van der Waals surface area contributed by atoms with Crippen LogP contribution in [0.3, 0.4) is 0 Å². The third kappa shape index (κ3) is 9.75. The van der Waals surface area contributed by atoms with Crippen molar-refractivity contribution in [1.29, 1.82) is 0 Å². The molecule has 0 amide bonds. The lowest BCUT2D eigenvalue weighted by Gasteiger charge is -2.32. The van der Waals surface area contributed by atoms with Crippen molar-refractivity contribution < 1.29 is 14.3 Å². The summed E-state index contributed by atoms with van der Waals surface area (Å²) in [6, 6.07) is 10.4. The van der Waals surface area contributed by atoms with Crippen molar-refractivity contribution in [2.75, 3.05) is 27.2 Å². The molecule has 0 saturated heterocycles. The average molecular weight is 323 g/mol. The van der Waals surface area contributed by atoms with E-state index in [-0.39, 0.29) is 6.10 Å². The van der Waals surface area contributed by atoms with Crippen molar-refractivity contribution in [3.63, 3.8) is 0 Å². The summed E-state index contributed by atoms with van der Waals surface area (Å²) in [5.41, 5.74) is 1.24. The highest BCUT2D eigenvalue weighted by atomic mass is 16.5. The lowest BCUT2D eigenvalue weighted by Crippen LogP contribution is -2.46. The Morgan fingerprint density at radius 1 is 1.09 bits per heavy atom. The van der Waals surface area contributed by atoms with Gasteiger partial charge in [-0.25, -0.2) is 0 Å². The largest absolute Gasteiger partial charge is 0.388 e. The highest BCUT2D eigenvalue weighted by Gasteiger charge is 2.20. The van der Waals surface area contributed by atoms with E-state index in [1.807, 2.05) is 13.0 Å². The summed E-state index contributed by atoms with van der Waals surface area (Å²) >= 11 is 0. The molecule has 0 saturated carbocycles. The molecule has 1 N–H and O–H groups in total. The first-order chi connectivity index (χ1) is 10.9. The number of likely N-dealkylation sites (N-methyl/N-ethyl adjacent to an activating group) is 1. The summed E-state index contributed by atoms with van der Waals surface area (Å²) in [6.45, 7) is 6.63. The van der Waals surface area contributed by atoms with Crippen molar-refractivity contribution in [3.8, 4) is 0 Å². The Morgan fingerprint density at radius 2 is 1.78 bits per heavy atom. The molecular weight excluding hydrogens is 286 g/mol. The molecule has 0 aromatic heterocycles. The maximum atomic E-state index is 9.63. The summed E-state index contributed by atoms with van der Waals surface area (Å²) in [5.74, 6) is 0. The van der Waals surface area contributed by atoms with Gasteiger partial charge in [-0.2, -0.15) is 0 Å². The molecule has 3 nitrogen and oxygen atoms in total. The SMILES string of the molecule is CCCCCC(CC[N+](C)(C)CC(C)O)OCc1ccccc1.